The zero-order valence-corrected chi connectivity index (χ0v) is 11.8. The maximum absolute atomic E-state index is 11.8. The molecule has 1 aliphatic rings. The lowest BCUT2D eigenvalue weighted by molar-refractivity contribution is 0.387. The topological polar surface area (TPSA) is 69.4 Å². The van der Waals surface area contributed by atoms with Crippen LogP contribution in [0.25, 0.3) is 0 Å². The Balaban J connectivity index is 2.64. The quantitative estimate of drug-likeness (QED) is 0.899. The first-order valence-electron chi connectivity index (χ1n) is 5.96. The molecule has 18 heavy (non-hydrogen) atoms. The fraction of sp³-hybridized carbons (Fsp3) is 0.538. The van der Waals surface area contributed by atoms with Gasteiger partial charge in [0.2, 0.25) is 0 Å². The molecule has 0 spiro atoms. The molecule has 2 rings (SSSR count). The van der Waals surface area contributed by atoms with Crippen molar-refractivity contribution in [2.24, 2.45) is 5.73 Å². The highest BCUT2D eigenvalue weighted by atomic mass is 32.2. The third-order valence-electron chi connectivity index (χ3n) is 3.78. The van der Waals surface area contributed by atoms with Gasteiger partial charge in [-0.05, 0) is 25.8 Å². The summed E-state index contributed by atoms with van der Waals surface area (Å²) >= 11 is 0. The first kappa shape index (κ1) is 13.4. The van der Waals surface area contributed by atoms with Gasteiger partial charge in [0.25, 0.3) is 0 Å². The number of sulfone groups is 1. The van der Waals surface area contributed by atoms with Crippen LogP contribution < -0.4 is 10.5 Å². The summed E-state index contributed by atoms with van der Waals surface area (Å²) in [5.74, 6) is 0.454. The Morgan fingerprint density at radius 1 is 1.39 bits per heavy atom. The molecule has 2 N–H and O–H groups in total. The largest absolute Gasteiger partial charge is 0.495 e. The third-order valence-corrected chi connectivity index (χ3v) is 4.90. The number of para-hydroxylation sites is 1. The number of hydrogen-bond acceptors (Lipinski definition) is 4. The summed E-state index contributed by atoms with van der Waals surface area (Å²) in [6.45, 7) is 1.96. The van der Waals surface area contributed by atoms with E-state index in [1.54, 1.807) is 12.1 Å². The molecule has 100 valence electrons. The molecule has 0 radical (unpaired) electrons. The van der Waals surface area contributed by atoms with Gasteiger partial charge < -0.3 is 10.5 Å². The maximum Gasteiger partial charge on any atom is 0.179 e. The normalized spacial score (nSPS) is 19.3. The van der Waals surface area contributed by atoms with Gasteiger partial charge in [-0.15, -0.1) is 0 Å². The molecule has 0 aromatic heterocycles. The smallest absolute Gasteiger partial charge is 0.179 e. The van der Waals surface area contributed by atoms with Crippen molar-refractivity contribution >= 4 is 9.84 Å². The van der Waals surface area contributed by atoms with Crippen LogP contribution in [-0.2, 0) is 15.3 Å². The van der Waals surface area contributed by atoms with E-state index in [1.165, 1.54) is 13.4 Å². The SMILES string of the molecule is COc1c(C2(C(C)N)CC2)cccc1S(C)(=O)=O. The van der Waals surface area contributed by atoms with Crippen LogP contribution in [0.15, 0.2) is 23.1 Å². The summed E-state index contributed by atoms with van der Waals surface area (Å²) in [6.07, 6.45) is 3.16. The van der Waals surface area contributed by atoms with Crippen molar-refractivity contribution in [1.82, 2.24) is 0 Å². The first-order valence-corrected chi connectivity index (χ1v) is 7.85. The van der Waals surface area contributed by atoms with Gasteiger partial charge in [0.15, 0.2) is 9.84 Å². The van der Waals surface area contributed by atoms with Crippen molar-refractivity contribution < 1.29 is 13.2 Å². The van der Waals surface area contributed by atoms with Gasteiger partial charge in [-0.25, -0.2) is 8.42 Å². The molecule has 0 saturated heterocycles. The van der Waals surface area contributed by atoms with Crippen molar-refractivity contribution in [1.29, 1.82) is 0 Å². The third kappa shape index (κ3) is 2.01. The van der Waals surface area contributed by atoms with Gasteiger partial charge in [0, 0.05) is 23.3 Å². The molecule has 1 aromatic rings. The van der Waals surface area contributed by atoms with Crippen LogP contribution in [0.2, 0.25) is 0 Å². The van der Waals surface area contributed by atoms with Crippen LogP contribution in [0.4, 0.5) is 0 Å². The maximum atomic E-state index is 11.8. The Kier molecular flexibility index (Phi) is 3.15. The summed E-state index contributed by atoms with van der Waals surface area (Å²) in [7, 11) is -1.79. The minimum Gasteiger partial charge on any atom is -0.495 e. The van der Waals surface area contributed by atoms with Crippen molar-refractivity contribution in [2.75, 3.05) is 13.4 Å². The summed E-state index contributed by atoms with van der Waals surface area (Å²) in [6, 6.07) is 5.25. The highest BCUT2D eigenvalue weighted by Gasteiger charge is 2.49. The fourth-order valence-electron chi connectivity index (χ4n) is 2.52. The van der Waals surface area contributed by atoms with Crippen LogP contribution in [0.3, 0.4) is 0 Å². The Morgan fingerprint density at radius 2 is 2.00 bits per heavy atom. The average Bonchev–Trinajstić information content (AvgIpc) is 3.07. The van der Waals surface area contributed by atoms with Gasteiger partial charge in [0.1, 0.15) is 10.6 Å². The number of hydrogen-bond donors (Lipinski definition) is 1. The minimum atomic E-state index is -3.29. The standard InChI is InChI=1S/C13H19NO3S/c1-9(14)13(7-8-13)10-5-4-6-11(12(10)17-2)18(3,15)16/h4-6,9H,7-8,14H2,1-3H3. The highest BCUT2D eigenvalue weighted by Crippen LogP contribution is 2.54. The van der Waals surface area contributed by atoms with E-state index in [4.69, 9.17) is 10.5 Å². The summed E-state index contributed by atoms with van der Waals surface area (Å²) in [5.41, 5.74) is 6.84. The lowest BCUT2D eigenvalue weighted by Gasteiger charge is -2.23. The number of rotatable bonds is 4. The zero-order valence-electron chi connectivity index (χ0n) is 10.9. The molecular weight excluding hydrogens is 250 g/mol. The van der Waals surface area contributed by atoms with E-state index in [0.29, 0.717) is 5.75 Å². The van der Waals surface area contributed by atoms with E-state index in [2.05, 4.69) is 0 Å². The molecule has 1 saturated carbocycles. The van der Waals surface area contributed by atoms with Crippen LogP contribution in [0.1, 0.15) is 25.3 Å². The fourth-order valence-corrected chi connectivity index (χ4v) is 3.37. The lowest BCUT2D eigenvalue weighted by Crippen LogP contribution is -2.32. The molecule has 1 aromatic carbocycles. The predicted octanol–water partition coefficient (Wildman–Crippen LogP) is 1.48. The van der Waals surface area contributed by atoms with E-state index in [1.807, 2.05) is 13.0 Å². The number of ether oxygens (including phenoxy) is 1. The van der Waals surface area contributed by atoms with E-state index >= 15 is 0 Å². The van der Waals surface area contributed by atoms with Gasteiger partial charge in [-0.3, -0.25) is 0 Å². The number of methoxy groups -OCH3 is 1. The second kappa shape index (κ2) is 4.24. The van der Waals surface area contributed by atoms with E-state index < -0.39 is 9.84 Å². The van der Waals surface area contributed by atoms with Crippen LogP contribution in [0.5, 0.6) is 5.75 Å². The number of benzene rings is 1. The second-order valence-electron chi connectivity index (χ2n) is 5.05. The highest BCUT2D eigenvalue weighted by molar-refractivity contribution is 7.90. The zero-order chi connectivity index (χ0) is 13.6. The molecule has 1 fully saturated rings. The molecule has 4 nitrogen and oxygen atoms in total. The lowest BCUT2D eigenvalue weighted by atomic mass is 9.89. The average molecular weight is 269 g/mol. The molecule has 1 aliphatic carbocycles. The minimum absolute atomic E-state index is 0.0128. The molecule has 0 bridgehead atoms. The van der Waals surface area contributed by atoms with E-state index in [9.17, 15) is 8.42 Å². The molecule has 5 heteroatoms. The second-order valence-corrected chi connectivity index (χ2v) is 7.04. The van der Waals surface area contributed by atoms with Crippen molar-refractivity contribution in [2.45, 2.75) is 36.1 Å². The van der Waals surface area contributed by atoms with Crippen molar-refractivity contribution in [3.8, 4) is 5.75 Å². The summed E-state index contributed by atoms with van der Waals surface area (Å²) in [5, 5.41) is 0. The van der Waals surface area contributed by atoms with Gasteiger partial charge in [-0.2, -0.15) is 0 Å². The van der Waals surface area contributed by atoms with E-state index in [-0.39, 0.29) is 16.4 Å². The molecule has 1 unspecified atom stereocenters. The van der Waals surface area contributed by atoms with Crippen molar-refractivity contribution in [3.05, 3.63) is 23.8 Å². The first-order chi connectivity index (χ1) is 8.33. The summed E-state index contributed by atoms with van der Waals surface area (Å²) < 4.78 is 28.9. The Bertz CT molecular complexity index is 560. The van der Waals surface area contributed by atoms with Gasteiger partial charge in [0.05, 0.1) is 7.11 Å². The van der Waals surface area contributed by atoms with Crippen LogP contribution in [-0.4, -0.2) is 27.8 Å². The van der Waals surface area contributed by atoms with Crippen LogP contribution in [0, 0.1) is 0 Å². The number of nitrogens with two attached hydrogens (primary N) is 1. The van der Waals surface area contributed by atoms with E-state index in [0.717, 1.165) is 18.4 Å². The van der Waals surface area contributed by atoms with Crippen molar-refractivity contribution in [3.63, 3.8) is 0 Å². The van der Waals surface area contributed by atoms with Crippen LogP contribution >= 0.6 is 0 Å². The summed E-state index contributed by atoms with van der Waals surface area (Å²) in [4.78, 5) is 0.245. The Hall–Kier alpha value is -1.07. The predicted molar refractivity (Wildman–Crippen MR) is 70.7 cm³/mol. The Labute approximate surface area is 108 Å². The van der Waals surface area contributed by atoms with Gasteiger partial charge in [-0.1, -0.05) is 12.1 Å². The molecule has 0 aliphatic heterocycles. The Morgan fingerprint density at radius 3 is 2.39 bits per heavy atom. The molecule has 0 heterocycles. The monoisotopic (exact) mass is 269 g/mol. The molecule has 0 amide bonds. The molecule has 1 atom stereocenters. The molecular formula is C13H19NO3S. The van der Waals surface area contributed by atoms with Gasteiger partial charge >= 0.3 is 0 Å².